The fourth-order valence-corrected chi connectivity index (χ4v) is 1.18. The van der Waals surface area contributed by atoms with Crippen LogP contribution < -0.4 is 5.46 Å². The molecule has 0 saturated carbocycles. The smallest absolute Gasteiger partial charge is 0.147 e. The number of alkyl halides is 1. The van der Waals surface area contributed by atoms with Crippen LogP contribution in [-0.4, -0.2) is 19.0 Å². The number of Topliss-reactive ketones (excluding diaryl/α,β-unsaturated/α-hetero) is 1. The van der Waals surface area contributed by atoms with E-state index in [2.05, 4.69) is 15.9 Å². The van der Waals surface area contributed by atoms with Crippen molar-refractivity contribution in [3.05, 3.63) is 29.8 Å². The van der Waals surface area contributed by atoms with Gasteiger partial charge in [-0.2, -0.15) is 0 Å². The SMILES string of the molecule is Bc1ccc(CC(=O)CBr)cc1. The Balaban J connectivity index is 2.64. The van der Waals surface area contributed by atoms with E-state index >= 15 is 0 Å². The van der Waals surface area contributed by atoms with Crippen LogP contribution in [0.15, 0.2) is 24.3 Å². The van der Waals surface area contributed by atoms with Crippen molar-refractivity contribution in [2.45, 2.75) is 6.42 Å². The summed E-state index contributed by atoms with van der Waals surface area (Å²) in [6.45, 7) is 0. The van der Waals surface area contributed by atoms with E-state index in [1.807, 2.05) is 32.1 Å². The molecule has 0 N–H and O–H groups in total. The average Bonchev–Trinajstić information content (AvgIpc) is 2.09. The number of hydrogen-bond acceptors (Lipinski definition) is 1. The molecule has 0 bridgehead atoms. The molecular formula is C9H10BBrO. The molecule has 0 fully saturated rings. The third-order valence-electron chi connectivity index (χ3n) is 1.67. The van der Waals surface area contributed by atoms with Gasteiger partial charge in [-0.25, -0.2) is 0 Å². The molecule has 0 aromatic heterocycles. The molecule has 0 aliphatic rings. The lowest BCUT2D eigenvalue weighted by atomic mass is 9.94. The highest BCUT2D eigenvalue weighted by Gasteiger charge is 2.00. The molecular weight excluding hydrogens is 215 g/mol. The summed E-state index contributed by atoms with van der Waals surface area (Å²) in [5, 5.41) is 0.445. The van der Waals surface area contributed by atoms with Crippen molar-refractivity contribution in [2.75, 3.05) is 5.33 Å². The number of carbonyl (C=O) groups is 1. The van der Waals surface area contributed by atoms with Crippen molar-refractivity contribution < 1.29 is 4.79 Å². The Morgan fingerprint density at radius 3 is 2.42 bits per heavy atom. The summed E-state index contributed by atoms with van der Waals surface area (Å²) in [4.78, 5) is 11.0. The van der Waals surface area contributed by atoms with Gasteiger partial charge in [-0.1, -0.05) is 45.7 Å². The summed E-state index contributed by atoms with van der Waals surface area (Å²) >= 11 is 3.14. The largest absolute Gasteiger partial charge is 0.298 e. The molecule has 0 spiro atoms. The molecule has 62 valence electrons. The molecule has 12 heavy (non-hydrogen) atoms. The van der Waals surface area contributed by atoms with Crippen LogP contribution in [0.4, 0.5) is 0 Å². The molecule has 0 aliphatic carbocycles. The number of ketones is 1. The van der Waals surface area contributed by atoms with Crippen LogP contribution in [-0.2, 0) is 11.2 Å². The zero-order valence-electron chi connectivity index (χ0n) is 7.01. The first-order chi connectivity index (χ1) is 5.72. The lowest BCUT2D eigenvalue weighted by Crippen LogP contribution is -2.06. The summed E-state index contributed by atoms with van der Waals surface area (Å²) in [5.41, 5.74) is 2.31. The Kier molecular flexibility index (Phi) is 3.54. The Labute approximate surface area is 81.7 Å². The zero-order valence-corrected chi connectivity index (χ0v) is 8.60. The van der Waals surface area contributed by atoms with Gasteiger partial charge in [0.05, 0.1) is 5.33 Å². The first-order valence-corrected chi connectivity index (χ1v) is 4.97. The maximum absolute atomic E-state index is 11.0. The van der Waals surface area contributed by atoms with Crippen LogP contribution in [0.1, 0.15) is 5.56 Å². The van der Waals surface area contributed by atoms with Gasteiger partial charge in [0.25, 0.3) is 0 Å². The molecule has 0 amide bonds. The second-order valence-electron chi connectivity index (χ2n) is 2.83. The van der Waals surface area contributed by atoms with E-state index in [0.29, 0.717) is 11.8 Å². The van der Waals surface area contributed by atoms with Crippen LogP contribution in [0.5, 0.6) is 0 Å². The van der Waals surface area contributed by atoms with E-state index in [4.69, 9.17) is 0 Å². The topological polar surface area (TPSA) is 17.1 Å². The highest BCUT2D eigenvalue weighted by atomic mass is 79.9. The van der Waals surface area contributed by atoms with E-state index in [1.165, 1.54) is 5.46 Å². The highest BCUT2D eigenvalue weighted by Crippen LogP contribution is 1.99. The predicted molar refractivity (Wildman–Crippen MR) is 57.1 cm³/mol. The summed E-state index contributed by atoms with van der Waals surface area (Å²) in [6.07, 6.45) is 0.533. The van der Waals surface area contributed by atoms with E-state index in [0.717, 1.165) is 5.56 Å². The van der Waals surface area contributed by atoms with Gasteiger partial charge in [-0.05, 0) is 5.56 Å². The maximum Gasteiger partial charge on any atom is 0.147 e. The summed E-state index contributed by atoms with van der Waals surface area (Å²) in [5.74, 6) is 0.221. The minimum absolute atomic E-state index is 0.221. The fraction of sp³-hybridized carbons (Fsp3) is 0.222. The Bertz CT molecular complexity index is 268. The van der Waals surface area contributed by atoms with Crippen molar-refractivity contribution in [3.63, 3.8) is 0 Å². The lowest BCUT2D eigenvalue weighted by Gasteiger charge is -1.98. The van der Waals surface area contributed by atoms with Crippen LogP contribution in [0.3, 0.4) is 0 Å². The Morgan fingerprint density at radius 2 is 1.92 bits per heavy atom. The first kappa shape index (κ1) is 9.52. The molecule has 0 aliphatic heterocycles. The predicted octanol–water partition coefficient (Wildman–Crippen LogP) is 0.452. The van der Waals surface area contributed by atoms with Gasteiger partial charge in [-0.3, -0.25) is 4.79 Å². The molecule has 1 aromatic rings. The molecule has 1 nitrogen and oxygen atoms in total. The Morgan fingerprint density at radius 1 is 1.33 bits per heavy atom. The summed E-state index contributed by atoms with van der Waals surface area (Å²) in [7, 11) is 2.04. The molecule has 1 aromatic carbocycles. The van der Waals surface area contributed by atoms with Crippen molar-refractivity contribution >= 4 is 35.0 Å². The second-order valence-corrected chi connectivity index (χ2v) is 3.40. The molecule has 0 radical (unpaired) electrons. The lowest BCUT2D eigenvalue weighted by molar-refractivity contribution is -0.115. The monoisotopic (exact) mass is 224 g/mol. The summed E-state index contributed by atoms with van der Waals surface area (Å²) in [6, 6.07) is 8.04. The average molecular weight is 225 g/mol. The van der Waals surface area contributed by atoms with Crippen molar-refractivity contribution in [3.8, 4) is 0 Å². The highest BCUT2D eigenvalue weighted by molar-refractivity contribution is 9.09. The zero-order chi connectivity index (χ0) is 8.97. The minimum Gasteiger partial charge on any atom is -0.298 e. The maximum atomic E-state index is 11.0. The van der Waals surface area contributed by atoms with Gasteiger partial charge < -0.3 is 0 Å². The second kappa shape index (κ2) is 4.46. The molecule has 0 heterocycles. The summed E-state index contributed by atoms with van der Waals surface area (Å²) < 4.78 is 0. The third-order valence-corrected chi connectivity index (χ3v) is 2.30. The fourth-order valence-electron chi connectivity index (χ4n) is 0.981. The van der Waals surface area contributed by atoms with Gasteiger partial charge in [0.1, 0.15) is 13.6 Å². The van der Waals surface area contributed by atoms with E-state index in [-0.39, 0.29) is 5.78 Å². The molecule has 3 heteroatoms. The minimum atomic E-state index is 0.221. The third kappa shape index (κ3) is 2.82. The van der Waals surface area contributed by atoms with Crippen LogP contribution in [0.25, 0.3) is 0 Å². The number of carbonyl (C=O) groups excluding carboxylic acids is 1. The number of benzene rings is 1. The van der Waals surface area contributed by atoms with Crippen LogP contribution in [0.2, 0.25) is 0 Å². The van der Waals surface area contributed by atoms with Crippen molar-refractivity contribution in [1.29, 1.82) is 0 Å². The van der Waals surface area contributed by atoms with Crippen LogP contribution >= 0.6 is 15.9 Å². The standard InChI is InChI=1S/C9H10BBrO/c10-8-3-1-7(2-4-8)5-9(12)6-11/h1-4H,5-6,10H2. The van der Waals surface area contributed by atoms with Crippen LogP contribution in [0, 0.1) is 0 Å². The number of halogens is 1. The normalized spacial score (nSPS) is 9.75. The number of rotatable bonds is 3. The van der Waals surface area contributed by atoms with Crippen molar-refractivity contribution in [1.82, 2.24) is 0 Å². The van der Waals surface area contributed by atoms with E-state index in [9.17, 15) is 4.79 Å². The van der Waals surface area contributed by atoms with Gasteiger partial charge in [-0.15, -0.1) is 0 Å². The van der Waals surface area contributed by atoms with Gasteiger partial charge in [0, 0.05) is 6.42 Å². The molecule has 1 rings (SSSR count). The quantitative estimate of drug-likeness (QED) is 0.539. The first-order valence-electron chi connectivity index (χ1n) is 3.85. The Hall–Kier alpha value is -0.565. The number of hydrogen-bond donors (Lipinski definition) is 0. The molecule has 0 unspecified atom stereocenters. The van der Waals surface area contributed by atoms with Gasteiger partial charge in [0.15, 0.2) is 0 Å². The molecule has 0 atom stereocenters. The van der Waals surface area contributed by atoms with E-state index < -0.39 is 0 Å². The van der Waals surface area contributed by atoms with Gasteiger partial charge >= 0.3 is 0 Å². The molecule has 0 saturated heterocycles. The van der Waals surface area contributed by atoms with Crippen molar-refractivity contribution in [2.24, 2.45) is 0 Å². The van der Waals surface area contributed by atoms with Gasteiger partial charge in [0.2, 0.25) is 0 Å². The van der Waals surface area contributed by atoms with E-state index in [1.54, 1.807) is 0 Å².